The zero-order chi connectivity index (χ0) is 15.3. The van der Waals surface area contributed by atoms with Crippen molar-refractivity contribution in [2.24, 2.45) is 0 Å². The number of carbonyl (C=O) groups is 1. The molecule has 0 unspecified atom stereocenters. The van der Waals surface area contributed by atoms with E-state index in [9.17, 15) is 4.79 Å². The average Bonchev–Trinajstić information content (AvgIpc) is 2.45. The topological polar surface area (TPSA) is 61.5 Å². The van der Waals surface area contributed by atoms with Gasteiger partial charge in [0.2, 0.25) is 0 Å². The summed E-state index contributed by atoms with van der Waals surface area (Å²) in [6.07, 6.45) is 9.06. The highest BCUT2D eigenvalue weighted by atomic mass is 16.7. The molecule has 0 amide bonds. The molecule has 118 valence electrons. The number of benzene rings is 1. The number of carbonyl (C=O) groups excluding carboxylic acids is 1. The lowest BCUT2D eigenvalue weighted by Crippen LogP contribution is -2.11. The summed E-state index contributed by atoms with van der Waals surface area (Å²) in [5.74, 6) is 0.413. The van der Waals surface area contributed by atoms with E-state index in [2.05, 4.69) is 6.92 Å². The molecule has 0 atom stereocenters. The number of hydrogen-bond donors (Lipinski definition) is 1. The largest absolute Gasteiger partial charge is 0.513 e. The van der Waals surface area contributed by atoms with Crippen molar-refractivity contribution < 1.29 is 14.3 Å². The van der Waals surface area contributed by atoms with Gasteiger partial charge in [-0.3, -0.25) is 0 Å². The minimum atomic E-state index is -0.663. The van der Waals surface area contributed by atoms with Crippen LogP contribution in [0.2, 0.25) is 0 Å². The van der Waals surface area contributed by atoms with Crippen LogP contribution in [0, 0.1) is 0 Å². The Kier molecular flexibility index (Phi) is 9.09. The van der Waals surface area contributed by atoms with Crippen molar-refractivity contribution >= 4 is 11.8 Å². The van der Waals surface area contributed by atoms with Gasteiger partial charge in [-0.05, 0) is 18.6 Å². The fraction of sp³-hybridized carbons (Fsp3) is 0.588. The Bertz CT molecular complexity index is 407. The van der Waals surface area contributed by atoms with E-state index >= 15 is 0 Å². The first-order valence-electron chi connectivity index (χ1n) is 7.92. The van der Waals surface area contributed by atoms with E-state index in [0.717, 1.165) is 12.8 Å². The highest BCUT2D eigenvalue weighted by molar-refractivity contribution is 5.64. The first-order valence-corrected chi connectivity index (χ1v) is 7.92. The number of rotatable bonds is 10. The van der Waals surface area contributed by atoms with Crippen molar-refractivity contribution in [2.45, 2.75) is 58.3 Å². The van der Waals surface area contributed by atoms with Crippen LogP contribution in [0.3, 0.4) is 0 Å². The van der Waals surface area contributed by atoms with Crippen LogP contribution < -0.4 is 10.5 Å². The van der Waals surface area contributed by atoms with Crippen LogP contribution in [0.1, 0.15) is 58.3 Å². The van der Waals surface area contributed by atoms with Gasteiger partial charge in [-0.1, -0.05) is 57.9 Å². The van der Waals surface area contributed by atoms with E-state index in [1.165, 1.54) is 38.5 Å². The maximum absolute atomic E-state index is 11.4. The lowest BCUT2D eigenvalue weighted by molar-refractivity contribution is 0.0973. The molecular weight excluding hydrogens is 266 g/mol. The Morgan fingerprint density at radius 2 is 1.71 bits per heavy atom. The quantitative estimate of drug-likeness (QED) is 0.288. The van der Waals surface area contributed by atoms with Crippen LogP contribution in [0.5, 0.6) is 5.75 Å². The van der Waals surface area contributed by atoms with Gasteiger partial charge in [-0.25, -0.2) is 4.79 Å². The van der Waals surface area contributed by atoms with Gasteiger partial charge < -0.3 is 15.2 Å². The second-order valence-corrected chi connectivity index (χ2v) is 5.25. The summed E-state index contributed by atoms with van der Waals surface area (Å²) in [5.41, 5.74) is 6.16. The molecule has 0 saturated carbocycles. The lowest BCUT2D eigenvalue weighted by Gasteiger charge is -2.06. The van der Waals surface area contributed by atoms with E-state index < -0.39 is 6.16 Å². The molecule has 1 rings (SSSR count). The van der Waals surface area contributed by atoms with Crippen LogP contribution in [-0.2, 0) is 4.74 Å². The smallest absolute Gasteiger partial charge is 0.434 e. The number of nitrogens with two attached hydrogens (primary N) is 1. The van der Waals surface area contributed by atoms with Gasteiger partial charge in [-0.15, -0.1) is 0 Å². The van der Waals surface area contributed by atoms with Crippen LogP contribution in [0.4, 0.5) is 10.5 Å². The first kappa shape index (κ1) is 17.3. The minimum absolute atomic E-state index is 0.413. The van der Waals surface area contributed by atoms with Crippen molar-refractivity contribution in [1.82, 2.24) is 0 Å². The summed E-state index contributed by atoms with van der Waals surface area (Å²) in [6, 6.07) is 6.74. The summed E-state index contributed by atoms with van der Waals surface area (Å²) in [7, 11) is 0. The van der Waals surface area contributed by atoms with Crippen LogP contribution in [0.15, 0.2) is 24.3 Å². The van der Waals surface area contributed by atoms with E-state index in [1.54, 1.807) is 24.3 Å². The van der Waals surface area contributed by atoms with Crippen LogP contribution >= 0.6 is 0 Å². The predicted octanol–water partition coefficient (Wildman–Crippen LogP) is 4.92. The Morgan fingerprint density at radius 1 is 1.05 bits per heavy atom. The second-order valence-electron chi connectivity index (χ2n) is 5.25. The van der Waals surface area contributed by atoms with Gasteiger partial charge in [0.25, 0.3) is 0 Å². The van der Waals surface area contributed by atoms with Crippen molar-refractivity contribution in [2.75, 3.05) is 12.3 Å². The van der Waals surface area contributed by atoms with Gasteiger partial charge in [0.15, 0.2) is 0 Å². The number of unbranched alkanes of at least 4 members (excludes halogenated alkanes) is 7. The van der Waals surface area contributed by atoms with E-state index in [4.69, 9.17) is 15.2 Å². The molecule has 21 heavy (non-hydrogen) atoms. The molecular formula is C17H27NO3. The van der Waals surface area contributed by atoms with Gasteiger partial charge >= 0.3 is 6.16 Å². The zero-order valence-electron chi connectivity index (χ0n) is 13.0. The lowest BCUT2D eigenvalue weighted by atomic mass is 10.1. The molecule has 2 N–H and O–H groups in total. The van der Waals surface area contributed by atoms with Gasteiger partial charge in [-0.2, -0.15) is 0 Å². The average molecular weight is 293 g/mol. The fourth-order valence-corrected chi connectivity index (χ4v) is 2.10. The summed E-state index contributed by atoms with van der Waals surface area (Å²) < 4.78 is 10.1. The van der Waals surface area contributed by atoms with Gasteiger partial charge in [0, 0.05) is 11.8 Å². The summed E-state index contributed by atoms with van der Waals surface area (Å²) in [6.45, 7) is 2.64. The van der Waals surface area contributed by atoms with E-state index in [1.807, 2.05) is 0 Å². The zero-order valence-corrected chi connectivity index (χ0v) is 13.0. The Labute approximate surface area is 127 Å². The molecule has 0 aromatic heterocycles. The van der Waals surface area contributed by atoms with E-state index in [-0.39, 0.29) is 0 Å². The van der Waals surface area contributed by atoms with Crippen molar-refractivity contribution in [1.29, 1.82) is 0 Å². The van der Waals surface area contributed by atoms with Gasteiger partial charge in [0.1, 0.15) is 5.75 Å². The number of hydrogen-bond acceptors (Lipinski definition) is 4. The molecule has 0 heterocycles. The number of anilines is 1. The molecule has 0 aliphatic carbocycles. The summed E-state index contributed by atoms with van der Waals surface area (Å²) in [5, 5.41) is 0. The second kappa shape index (κ2) is 11.0. The van der Waals surface area contributed by atoms with Crippen molar-refractivity contribution in [3.8, 4) is 5.75 Å². The Morgan fingerprint density at radius 3 is 2.38 bits per heavy atom. The third kappa shape index (κ3) is 8.95. The molecule has 4 nitrogen and oxygen atoms in total. The highest BCUT2D eigenvalue weighted by Crippen LogP contribution is 2.15. The molecule has 1 aromatic rings. The molecule has 1 aromatic carbocycles. The maximum atomic E-state index is 11.4. The van der Waals surface area contributed by atoms with Crippen molar-refractivity contribution in [3.05, 3.63) is 24.3 Å². The monoisotopic (exact) mass is 293 g/mol. The molecule has 0 aliphatic rings. The van der Waals surface area contributed by atoms with Gasteiger partial charge in [0.05, 0.1) is 6.61 Å². The molecule has 0 saturated heterocycles. The number of nitrogen functional groups attached to an aromatic ring is 1. The summed E-state index contributed by atoms with van der Waals surface area (Å²) in [4.78, 5) is 11.4. The normalized spacial score (nSPS) is 10.3. The molecule has 0 spiro atoms. The Hall–Kier alpha value is -1.71. The minimum Gasteiger partial charge on any atom is -0.434 e. The Balaban J connectivity index is 1.99. The van der Waals surface area contributed by atoms with Crippen LogP contribution in [-0.4, -0.2) is 12.8 Å². The standard InChI is InChI=1S/C17H27NO3/c1-2-3-4-5-6-7-8-9-13-20-17(19)21-16-12-10-11-15(18)14-16/h10-12,14H,2-9,13,18H2,1H3. The third-order valence-electron chi connectivity index (χ3n) is 3.28. The first-order chi connectivity index (χ1) is 10.2. The molecule has 0 bridgehead atoms. The predicted molar refractivity (Wildman–Crippen MR) is 85.4 cm³/mol. The van der Waals surface area contributed by atoms with Crippen molar-refractivity contribution in [3.63, 3.8) is 0 Å². The molecule has 0 fully saturated rings. The highest BCUT2D eigenvalue weighted by Gasteiger charge is 2.05. The van der Waals surface area contributed by atoms with Crippen LogP contribution in [0.25, 0.3) is 0 Å². The maximum Gasteiger partial charge on any atom is 0.513 e. The molecule has 0 radical (unpaired) electrons. The molecule has 0 aliphatic heterocycles. The third-order valence-corrected chi connectivity index (χ3v) is 3.28. The SMILES string of the molecule is CCCCCCCCCCOC(=O)Oc1cccc(N)c1. The molecule has 4 heteroatoms. The van der Waals surface area contributed by atoms with E-state index in [0.29, 0.717) is 18.0 Å². The fourth-order valence-electron chi connectivity index (χ4n) is 2.10. The number of ether oxygens (including phenoxy) is 2. The summed E-state index contributed by atoms with van der Waals surface area (Å²) >= 11 is 0.